The highest BCUT2D eigenvalue weighted by Crippen LogP contribution is 2.39. The average molecular weight is 884 g/mol. The summed E-state index contributed by atoms with van der Waals surface area (Å²) in [6, 6.07) is 4.59. The molecule has 338 valence electrons. The number of carbonyl (C=O) groups excluding carboxylic acids is 3. The lowest BCUT2D eigenvalue weighted by Gasteiger charge is -2.45. The molecule has 9 heterocycles. The minimum absolute atomic E-state index is 0.00206. The van der Waals surface area contributed by atoms with Gasteiger partial charge in [0.15, 0.2) is 11.3 Å². The summed E-state index contributed by atoms with van der Waals surface area (Å²) in [5.41, 5.74) is 1.99. The van der Waals surface area contributed by atoms with Crippen LogP contribution in [0.1, 0.15) is 85.2 Å². The van der Waals surface area contributed by atoms with Crippen LogP contribution >= 0.6 is 0 Å². The van der Waals surface area contributed by atoms with Gasteiger partial charge in [0.1, 0.15) is 23.2 Å². The van der Waals surface area contributed by atoms with Gasteiger partial charge in [-0.3, -0.25) is 29.1 Å². The quantitative estimate of drug-likeness (QED) is 0.181. The summed E-state index contributed by atoms with van der Waals surface area (Å²) in [6.07, 6.45) is 7.14. The third-order valence-electron chi connectivity index (χ3n) is 14.4. The monoisotopic (exact) mass is 883 g/mol. The summed E-state index contributed by atoms with van der Waals surface area (Å²) in [5.74, 6) is 0.108. The fourth-order valence-corrected chi connectivity index (χ4v) is 11.1. The number of alkyl halides is 2. The van der Waals surface area contributed by atoms with Gasteiger partial charge in [0.2, 0.25) is 5.91 Å². The molecule has 20 heteroatoms. The predicted molar refractivity (Wildman–Crippen MR) is 229 cm³/mol. The number of nitrogens with zero attached hydrogens (tertiary/aromatic N) is 11. The average Bonchev–Trinajstić information content (AvgIpc) is 4.13. The normalized spacial score (nSPS) is 25.9. The Morgan fingerprint density at radius 2 is 1.72 bits per heavy atom. The van der Waals surface area contributed by atoms with E-state index in [2.05, 4.69) is 45.5 Å². The van der Waals surface area contributed by atoms with Crippen molar-refractivity contribution in [2.24, 2.45) is 11.8 Å². The SMILES string of the molecule is Cc1nn(C2CCC(=O)NC2=O)c2ccc(F)c(N3CC(CN4CCN(CC5CCC(n6cc(NC(=O)c7cnn8ccc(N9C[C@H]%10C[C@@H]9CO%10)nc78)c(C(F)F)n6)CC5)CC4)C3)c12. The number of halogens is 3. The Labute approximate surface area is 366 Å². The molecule has 3 atom stereocenters. The summed E-state index contributed by atoms with van der Waals surface area (Å²) in [6.45, 7) is 10.5. The van der Waals surface area contributed by atoms with Crippen LogP contribution in [0, 0.1) is 24.6 Å². The first-order chi connectivity index (χ1) is 31.0. The number of nitrogens with one attached hydrogen (secondary N) is 2. The van der Waals surface area contributed by atoms with Crippen molar-refractivity contribution >= 4 is 51.5 Å². The molecule has 64 heavy (non-hydrogen) atoms. The number of rotatable bonds is 11. The largest absolute Gasteiger partial charge is 0.374 e. The van der Waals surface area contributed by atoms with Crippen LogP contribution in [-0.4, -0.2) is 139 Å². The van der Waals surface area contributed by atoms with Crippen molar-refractivity contribution < 1.29 is 32.3 Å². The standard InChI is InChI=1S/C44H52F3N13O4/c1-25-38-34(60(52-25)35-8-9-37(61)51-44(35)63)7-6-32(45)40(38)56-20-27(21-56)19-55-14-12-54(13-15-55)18-26-2-4-28(5-3-26)59-23-33(39(53-59)41(46)47)49-43(62)31-17-48-58-11-10-36(50-42(31)58)57-22-30-16-29(57)24-64-30/h6-7,10-11,17,23,26-30,35,41H,2-5,8-9,12-16,18-22,24H2,1H3,(H,49,62)(H,51,61,63)/t26?,28?,29-,30-,35?/m1/s1. The molecule has 3 amide bonds. The predicted octanol–water partition coefficient (Wildman–Crippen LogP) is 4.35. The Morgan fingerprint density at radius 1 is 0.953 bits per heavy atom. The van der Waals surface area contributed by atoms with E-state index >= 15 is 4.39 Å². The lowest BCUT2D eigenvalue weighted by Crippen LogP contribution is -2.55. The highest BCUT2D eigenvalue weighted by atomic mass is 19.3. The molecule has 5 saturated heterocycles. The second-order valence-corrected chi connectivity index (χ2v) is 18.6. The molecule has 2 N–H and O–H groups in total. The van der Waals surface area contributed by atoms with Gasteiger partial charge in [-0.2, -0.15) is 15.3 Å². The molecular weight excluding hydrogens is 832 g/mol. The number of amides is 3. The maximum Gasteiger partial charge on any atom is 0.284 e. The highest BCUT2D eigenvalue weighted by Gasteiger charge is 2.40. The minimum atomic E-state index is -2.86. The van der Waals surface area contributed by atoms with Gasteiger partial charge in [0.05, 0.1) is 53.6 Å². The van der Waals surface area contributed by atoms with Crippen molar-refractivity contribution in [1.82, 2.24) is 49.3 Å². The second kappa shape index (κ2) is 16.4. The molecule has 6 aliphatic rings. The van der Waals surface area contributed by atoms with E-state index in [0.717, 1.165) is 102 Å². The van der Waals surface area contributed by atoms with Crippen LogP contribution in [0.2, 0.25) is 0 Å². The zero-order valence-corrected chi connectivity index (χ0v) is 35.7. The fraction of sp³-hybridized carbons (Fsp3) is 0.568. The van der Waals surface area contributed by atoms with Gasteiger partial charge in [0.25, 0.3) is 18.2 Å². The second-order valence-electron chi connectivity index (χ2n) is 18.6. The molecule has 6 fully saturated rings. The summed E-state index contributed by atoms with van der Waals surface area (Å²) in [7, 11) is 0. The molecule has 0 radical (unpaired) electrons. The maximum atomic E-state index is 15.4. The van der Waals surface area contributed by atoms with E-state index in [1.54, 1.807) is 27.8 Å². The molecule has 17 nitrogen and oxygen atoms in total. The Hall–Kier alpha value is -5.60. The molecule has 1 aliphatic carbocycles. The topological polar surface area (TPSA) is 163 Å². The molecule has 5 aromatic rings. The molecule has 0 spiro atoms. The van der Waals surface area contributed by atoms with Gasteiger partial charge < -0.3 is 29.7 Å². The number of fused-ring (bicyclic) bond motifs is 4. The molecule has 2 bridgehead atoms. The number of anilines is 3. The van der Waals surface area contributed by atoms with E-state index < -0.39 is 24.1 Å². The molecule has 4 aromatic heterocycles. The number of piperidine rings is 1. The number of benzene rings is 1. The van der Waals surface area contributed by atoms with Crippen molar-refractivity contribution in [3.63, 3.8) is 0 Å². The Morgan fingerprint density at radius 3 is 2.42 bits per heavy atom. The van der Waals surface area contributed by atoms with E-state index in [4.69, 9.17) is 9.72 Å². The van der Waals surface area contributed by atoms with E-state index in [1.165, 1.54) is 16.8 Å². The van der Waals surface area contributed by atoms with E-state index in [0.29, 0.717) is 47.4 Å². The van der Waals surface area contributed by atoms with E-state index in [-0.39, 0.29) is 53.5 Å². The van der Waals surface area contributed by atoms with Crippen molar-refractivity contribution in [3.05, 3.63) is 59.6 Å². The Kier molecular flexibility index (Phi) is 10.6. The number of aryl methyl sites for hydroxylation is 1. The summed E-state index contributed by atoms with van der Waals surface area (Å²) < 4.78 is 54.6. The lowest BCUT2D eigenvalue weighted by atomic mass is 9.85. The molecule has 5 aliphatic heterocycles. The van der Waals surface area contributed by atoms with Gasteiger partial charge in [-0.25, -0.2) is 22.7 Å². The van der Waals surface area contributed by atoms with Crippen LogP contribution in [0.25, 0.3) is 16.6 Å². The maximum absolute atomic E-state index is 15.4. The van der Waals surface area contributed by atoms with Crippen LogP contribution in [-0.2, 0) is 14.3 Å². The first kappa shape index (κ1) is 41.1. The summed E-state index contributed by atoms with van der Waals surface area (Å²) in [4.78, 5) is 52.0. The number of ether oxygens (including phenoxy) is 1. The van der Waals surface area contributed by atoms with Crippen molar-refractivity contribution in [2.45, 2.75) is 82.5 Å². The number of morpholine rings is 1. The number of hydrogen-bond acceptors (Lipinski definition) is 12. The molecule has 1 aromatic carbocycles. The van der Waals surface area contributed by atoms with Crippen LogP contribution in [0.4, 0.5) is 30.4 Å². The zero-order chi connectivity index (χ0) is 43.8. The van der Waals surface area contributed by atoms with E-state index in [9.17, 15) is 23.2 Å². The minimum Gasteiger partial charge on any atom is -0.374 e. The van der Waals surface area contributed by atoms with Gasteiger partial charge in [-0.05, 0) is 69.6 Å². The van der Waals surface area contributed by atoms with E-state index in [1.807, 2.05) is 13.0 Å². The number of carbonyl (C=O) groups is 3. The van der Waals surface area contributed by atoms with Gasteiger partial charge in [-0.1, -0.05) is 0 Å². The van der Waals surface area contributed by atoms with Crippen LogP contribution < -0.4 is 20.4 Å². The van der Waals surface area contributed by atoms with Crippen LogP contribution in [0.3, 0.4) is 0 Å². The van der Waals surface area contributed by atoms with Crippen molar-refractivity contribution in [1.29, 1.82) is 0 Å². The number of imide groups is 1. The van der Waals surface area contributed by atoms with Crippen molar-refractivity contribution in [3.8, 4) is 0 Å². The van der Waals surface area contributed by atoms with Gasteiger partial charge >= 0.3 is 0 Å². The van der Waals surface area contributed by atoms with Crippen molar-refractivity contribution in [2.75, 3.05) is 80.6 Å². The third-order valence-corrected chi connectivity index (χ3v) is 14.4. The molecule has 11 rings (SSSR count). The highest BCUT2D eigenvalue weighted by molar-refractivity contribution is 6.08. The summed E-state index contributed by atoms with van der Waals surface area (Å²) >= 11 is 0. The molecular formula is C44H52F3N13O4. The number of aromatic nitrogens is 7. The number of hydrogen-bond donors (Lipinski definition) is 2. The van der Waals surface area contributed by atoms with Gasteiger partial charge in [-0.15, -0.1) is 0 Å². The van der Waals surface area contributed by atoms with Crippen LogP contribution in [0.5, 0.6) is 0 Å². The Bertz CT molecular complexity index is 2610. The summed E-state index contributed by atoms with van der Waals surface area (Å²) in [5, 5.41) is 19.1. The smallest absolute Gasteiger partial charge is 0.284 e. The zero-order valence-electron chi connectivity index (χ0n) is 35.7. The first-order valence-electron chi connectivity index (χ1n) is 22.6. The van der Waals surface area contributed by atoms with Crippen LogP contribution in [0.15, 0.2) is 36.8 Å². The van der Waals surface area contributed by atoms with Gasteiger partial charge in [0, 0.05) is 89.0 Å². The Balaban J connectivity index is 0.653. The lowest BCUT2D eigenvalue weighted by molar-refractivity contribution is -0.135. The third kappa shape index (κ3) is 7.55. The molecule has 1 saturated carbocycles. The fourth-order valence-electron chi connectivity index (χ4n) is 11.1. The molecule has 1 unspecified atom stereocenters. The first-order valence-corrected chi connectivity index (χ1v) is 22.6. The number of piperazine rings is 1.